The number of primary amides is 1. The van der Waals surface area contributed by atoms with Crippen LogP contribution in [0.2, 0.25) is 0 Å². The number of carboxylic acids is 1. The lowest BCUT2D eigenvalue weighted by Crippen LogP contribution is -2.59. The lowest BCUT2D eigenvalue weighted by molar-refractivity contribution is -0.145. The highest BCUT2D eigenvalue weighted by molar-refractivity contribution is 5.93. The minimum absolute atomic E-state index is 0.467. The van der Waals surface area contributed by atoms with E-state index < -0.39 is 60.4 Å². The largest absolute Gasteiger partial charge is 0.480 e. The Labute approximate surface area is 132 Å². The van der Waals surface area contributed by atoms with Crippen molar-refractivity contribution in [2.75, 3.05) is 0 Å². The first kappa shape index (κ1) is 20.8. The molecule has 0 radical (unpaired) electrons. The zero-order valence-electron chi connectivity index (χ0n) is 12.7. The molecule has 11 nitrogen and oxygen atoms in total. The number of carbonyl (C=O) groups is 4. The molecule has 0 aliphatic heterocycles. The third kappa shape index (κ3) is 7.04. The maximum Gasteiger partial charge on any atom is 0.328 e. The SMILES string of the molecule is C[C@@H](O)[C@H](NC(=O)[C@@H](NC(=O)[C@@H](N)CC(N)=O)[C@@H](C)O)C(=O)O. The van der Waals surface area contributed by atoms with Gasteiger partial charge in [0.15, 0.2) is 6.04 Å². The molecule has 11 heteroatoms. The van der Waals surface area contributed by atoms with E-state index in [9.17, 15) is 29.4 Å². The van der Waals surface area contributed by atoms with Gasteiger partial charge in [0.05, 0.1) is 24.7 Å². The minimum atomic E-state index is -1.63. The molecule has 0 bridgehead atoms. The van der Waals surface area contributed by atoms with Gasteiger partial charge >= 0.3 is 5.97 Å². The van der Waals surface area contributed by atoms with Crippen molar-refractivity contribution in [1.29, 1.82) is 0 Å². The number of hydrogen-bond acceptors (Lipinski definition) is 7. The Morgan fingerprint density at radius 1 is 0.957 bits per heavy atom. The van der Waals surface area contributed by atoms with Crippen molar-refractivity contribution < 1.29 is 34.5 Å². The first-order valence-corrected chi connectivity index (χ1v) is 6.71. The van der Waals surface area contributed by atoms with Gasteiger partial charge < -0.3 is 37.4 Å². The average Bonchev–Trinajstić information content (AvgIpc) is 2.39. The van der Waals surface area contributed by atoms with E-state index in [4.69, 9.17) is 16.6 Å². The van der Waals surface area contributed by atoms with Crippen LogP contribution in [0, 0.1) is 0 Å². The molecule has 0 aromatic rings. The predicted molar refractivity (Wildman–Crippen MR) is 76.6 cm³/mol. The van der Waals surface area contributed by atoms with E-state index in [1.807, 2.05) is 5.32 Å². The number of aliphatic hydroxyl groups is 2. The normalized spacial score (nSPS) is 17.3. The molecule has 9 N–H and O–H groups in total. The van der Waals surface area contributed by atoms with E-state index >= 15 is 0 Å². The fourth-order valence-corrected chi connectivity index (χ4v) is 1.61. The highest BCUT2D eigenvalue weighted by Crippen LogP contribution is 2.00. The van der Waals surface area contributed by atoms with Crippen LogP contribution in [0.5, 0.6) is 0 Å². The zero-order valence-corrected chi connectivity index (χ0v) is 12.7. The quantitative estimate of drug-likeness (QED) is 0.221. The van der Waals surface area contributed by atoms with E-state index in [1.165, 1.54) is 6.92 Å². The molecular weight excluding hydrogens is 312 g/mol. The van der Waals surface area contributed by atoms with Gasteiger partial charge in [0, 0.05) is 0 Å². The first-order chi connectivity index (χ1) is 10.5. The molecular formula is C12H22N4O7. The van der Waals surface area contributed by atoms with E-state index in [-0.39, 0.29) is 0 Å². The molecule has 0 heterocycles. The van der Waals surface area contributed by atoms with E-state index in [1.54, 1.807) is 0 Å². The molecule has 23 heavy (non-hydrogen) atoms. The van der Waals surface area contributed by atoms with Crippen LogP contribution >= 0.6 is 0 Å². The van der Waals surface area contributed by atoms with E-state index in [0.29, 0.717) is 0 Å². The topological polar surface area (TPSA) is 205 Å². The molecule has 3 amide bonds. The van der Waals surface area contributed by atoms with Crippen molar-refractivity contribution in [2.45, 2.75) is 50.6 Å². The summed E-state index contributed by atoms with van der Waals surface area (Å²) in [6.45, 7) is 2.33. The number of carboxylic acid groups (broad SMARTS) is 1. The number of nitrogens with two attached hydrogens (primary N) is 2. The number of rotatable bonds is 9. The summed E-state index contributed by atoms with van der Waals surface area (Å²) in [7, 11) is 0. The maximum atomic E-state index is 12.0. The van der Waals surface area contributed by atoms with Crippen LogP contribution in [0.15, 0.2) is 0 Å². The summed E-state index contributed by atoms with van der Waals surface area (Å²) in [5.41, 5.74) is 10.3. The van der Waals surface area contributed by atoms with Gasteiger partial charge in [-0.05, 0) is 13.8 Å². The molecule has 0 fully saturated rings. The minimum Gasteiger partial charge on any atom is -0.480 e. The van der Waals surface area contributed by atoms with Crippen LogP contribution in [-0.4, -0.2) is 69.3 Å². The van der Waals surface area contributed by atoms with Crippen LogP contribution in [0.25, 0.3) is 0 Å². The summed E-state index contributed by atoms with van der Waals surface area (Å²) in [5.74, 6) is -4.28. The highest BCUT2D eigenvalue weighted by Gasteiger charge is 2.32. The van der Waals surface area contributed by atoms with Crippen molar-refractivity contribution in [3.63, 3.8) is 0 Å². The van der Waals surface area contributed by atoms with E-state index in [0.717, 1.165) is 6.92 Å². The molecule has 0 aliphatic carbocycles. The second kappa shape index (κ2) is 9.02. The Kier molecular flexibility index (Phi) is 8.15. The van der Waals surface area contributed by atoms with Crippen molar-refractivity contribution in [1.82, 2.24) is 10.6 Å². The van der Waals surface area contributed by atoms with Crippen LogP contribution < -0.4 is 22.1 Å². The van der Waals surface area contributed by atoms with Crippen LogP contribution in [0.1, 0.15) is 20.3 Å². The van der Waals surface area contributed by atoms with Crippen LogP contribution in [-0.2, 0) is 19.2 Å². The van der Waals surface area contributed by atoms with Crippen molar-refractivity contribution >= 4 is 23.7 Å². The van der Waals surface area contributed by atoms with Crippen molar-refractivity contribution in [3.8, 4) is 0 Å². The standard InChI is InChI=1S/C12H22N4O7/c1-4(17)8(15-10(20)6(13)3-7(14)19)11(21)16-9(5(2)18)12(22)23/h4-6,8-9,17-18H,3,13H2,1-2H3,(H2,14,19)(H,15,20)(H,16,21)(H,22,23)/t4-,5-,6+,8+,9+/m1/s1. The summed E-state index contributed by atoms with van der Waals surface area (Å²) in [6, 6.07) is -4.48. The van der Waals surface area contributed by atoms with Crippen LogP contribution in [0.3, 0.4) is 0 Å². The third-order valence-corrected chi connectivity index (χ3v) is 2.87. The Morgan fingerprint density at radius 2 is 1.39 bits per heavy atom. The molecule has 0 aromatic heterocycles. The summed E-state index contributed by atoms with van der Waals surface area (Å²) < 4.78 is 0. The molecule has 0 rings (SSSR count). The number of hydrogen-bond donors (Lipinski definition) is 7. The highest BCUT2D eigenvalue weighted by atomic mass is 16.4. The Morgan fingerprint density at radius 3 is 1.74 bits per heavy atom. The van der Waals surface area contributed by atoms with Crippen LogP contribution in [0.4, 0.5) is 0 Å². The Hall–Kier alpha value is -2.24. The van der Waals surface area contributed by atoms with Gasteiger partial charge in [-0.15, -0.1) is 0 Å². The molecule has 0 unspecified atom stereocenters. The fraction of sp³-hybridized carbons (Fsp3) is 0.667. The van der Waals surface area contributed by atoms with E-state index in [2.05, 4.69) is 5.32 Å². The molecule has 5 atom stereocenters. The summed E-state index contributed by atoms with van der Waals surface area (Å²) in [4.78, 5) is 45.4. The predicted octanol–water partition coefficient (Wildman–Crippen LogP) is -4.00. The molecule has 0 aromatic carbocycles. The molecule has 132 valence electrons. The number of carbonyl (C=O) groups excluding carboxylic acids is 3. The molecule has 0 aliphatic rings. The van der Waals surface area contributed by atoms with Gasteiger partial charge in [-0.1, -0.05) is 0 Å². The Balaban J connectivity index is 4.97. The average molecular weight is 334 g/mol. The molecule has 0 saturated carbocycles. The number of aliphatic hydroxyl groups excluding tert-OH is 2. The summed E-state index contributed by atoms with van der Waals surface area (Å²) in [5, 5.41) is 31.8. The second-order valence-corrected chi connectivity index (χ2v) is 5.07. The van der Waals surface area contributed by atoms with Gasteiger partial charge in [-0.25, -0.2) is 4.79 Å². The number of amides is 3. The Bertz CT molecular complexity index is 466. The van der Waals surface area contributed by atoms with Gasteiger partial charge in [0.25, 0.3) is 0 Å². The van der Waals surface area contributed by atoms with Gasteiger partial charge in [0.1, 0.15) is 6.04 Å². The molecule has 0 saturated heterocycles. The van der Waals surface area contributed by atoms with Gasteiger partial charge in [-0.2, -0.15) is 0 Å². The summed E-state index contributed by atoms with van der Waals surface area (Å²) >= 11 is 0. The van der Waals surface area contributed by atoms with Gasteiger partial charge in [-0.3, -0.25) is 14.4 Å². The monoisotopic (exact) mass is 334 g/mol. The number of nitrogens with one attached hydrogen (secondary N) is 2. The smallest absolute Gasteiger partial charge is 0.328 e. The lowest BCUT2D eigenvalue weighted by atomic mass is 10.1. The van der Waals surface area contributed by atoms with Crippen molar-refractivity contribution in [3.05, 3.63) is 0 Å². The second-order valence-electron chi connectivity index (χ2n) is 5.07. The molecule has 0 spiro atoms. The van der Waals surface area contributed by atoms with Crippen molar-refractivity contribution in [2.24, 2.45) is 11.5 Å². The first-order valence-electron chi connectivity index (χ1n) is 6.71. The fourth-order valence-electron chi connectivity index (χ4n) is 1.61. The number of aliphatic carboxylic acids is 1. The maximum absolute atomic E-state index is 12.0. The third-order valence-electron chi connectivity index (χ3n) is 2.87. The van der Waals surface area contributed by atoms with Gasteiger partial charge in [0.2, 0.25) is 17.7 Å². The summed E-state index contributed by atoms with van der Waals surface area (Å²) in [6.07, 6.45) is -3.26. The zero-order chi connectivity index (χ0) is 18.3. The lowest BCUT2D eigenvalue weighted by Gasteiger charge is -2.25.